The van der Waals surface area contributed by atoms with Crippen molar-refractivity contribution in [2.45, 2.75) is 26.1 Å². The van der Waals surface area contributed by atoms with Gasteiger partial charge in [-0.2, -0.15) is 0 Å². The van der Waals surface area contributed by atoms with E-state index < -0.39 is 0 Å². The zero-order valence-corrected chi connectivity index (χ0v) is 21.5. The van der Waals surface area contributed by atoms with Crippen molar-refractivity contribution in [1.82, 2.24) is 15.1 Å². The summed E-state index contributed by atoms with van der Waals surface area (Å²) in [5.74, 6) is 0.931. The molecular formula is C25H35IN4O2. The van der Waals surface area contributed by atoms with Crippen LogP contribution >= 0.6 is 24.0 Å². The van der Waals surface area contributed by atoms with E-state index in [-0.39, 0.29) is 30.1 Å². The van der Waals surface area contributed by atoms with E-state index in [1.807, 2.05) is 7.05 Å². The summed E-state index contributed by atoms with van der Waals surface area (Å²) < 4.78 is 11.5. The van der Waals surface area contributed by atoms with Gasteiger partial charge in [-0.1, -0.05) is 48.5 Å². The number of hydrogen-bond donors (Lipinski definition) is 1. The van der Waals surface area contributed by atoms with Gasteiger partial charge in [-0.3, -0.25) is 9.89 Å². The van der Waals surface area contributed by atoms with Crippen LogP contribution in [0.1, 0.15) is 28.4 Å². The minimum absolute atomic E-state index is 0. The lowest BCUT2D eigenvalue weighted by atomic mass is 10.0. The van der Waals surface area contributed by atoms with Crippen molar-refractivity contribution >= 4 is 29.9 Å². The number of nitrogens with one attached hydrogen (secondary N) is 1. The molecule has 0 aliphatic carbocycles. The van der Waals surface area contributed by atoms with Crippen molar-refractivity contribution in [2.24, 2.45) is 4.99 Å². The van der Waals surface area contributed by atoms with Crippen LogP contribution in [0.3, 0.4) is 0 Å². The number of halogens is 1. The number of nitrogens with zero attached hydrogens (tertiary/aromatic N) is 3. The maximum absolute atomic E-state index is 6.08. The number of aliphatic imine (C=N–C) groups is 1. The van der Waals surface area contributed by atoms with Gasteiger partial charge in [0.05, 0.1) is 26.4 Å². The predicted molar refractivity (Wildman–Crippen MR) is 140 cm³/mol. The molecule has 0 spiro atoms. The number of ether oxygens (including phenoxy) is 2. The van der Waals surface area contributed by atoms with E-state index in [0.29, 0.717) is 6.61 Å². The van der Waals surface area contributed by atoms with Crippen LogP contribution in [0.15, 0.2) is 53.5 Å². The van der Waals surface area contributed by atoms with Crippen LogP contribution in [0.2, 0.25) is 0 Å². The maximum atomic E-state index is 6.08. The van der Waals surface area contributed by atoms with Crippen molar-refractivity contribution in [2.75, 3.05) is 53.0 Å². The second-order valence-corrected chi connectivity index (χ2v) is 8.27. The van der Waals surface area contributed by atoms with Crippen LogP contribution in [0.25, 0.3) is 0 Å². The number of rotatable bonds is 5. The Morgan fingerprint density at radius 2 is 1.81 bits per heavy atom. The third kappa shape index (κ3) is 6.66. The number of benzene rings is 2. The molecule has 1 unspecified atom stereocenters. The van der Waals surface area contributed by atoms with Crippen LogP contribution in [-0.2, 0) is 22.6 Å². The van der Waals surface area contributed by atoms with E-state index in [1.165, 1.54) is 22.3 Å². The summed E-state index contributed by atoms with van der Waals surface area (Å²) in [6, 6.07) is 17.3. The molecule has 2 heterocycles. The summed E-state index contributed by atoms with van der Waals surface area (Å²) in [5.41, 5.74) is 5.16. The first-order valence-electron chi connectivity index (χ1n) is 11.2. The molecule has 2 aliphatic heterocycles. The molecule has 0 aromatic heterocycles. The molecule has 1 N–H and O–H groups in total. The summed E-state index contributed by atoms with van der Waals surface area (Å²) in [6.07, 6.45) is 0.0744. The summed E-state index contributed by atoms with van der Waals surface area (Å²) in [7, 11) is 1.86. The lowest BCUT2D eigenvalue weighted by molar-refractivity contribution is -0.00833. The Morgan fingerprint density at radius 1 is 1.03 bits per heavy atom. The molecule has 1 atom stereocenters. The van der Waals surface area contributed by atoms with E-state index in [0.717, 1.165) is 58.4 Å². The fourth-order valence-electron chi connectivity index (χ4n) is 4.35. The lowest BCUT2D eigenvalue weighted by Crippen LogP contribution is -2.48. The molecule has 2 aliphatic rings. The quantitative estimate of drug-likeness (QED) is 0.351. The number of morpholine rings is 2. The van der Waals surface area contributed by atoms with Crippen LogP contribution in [0.5, 0.6) is 0 Å². The van der Waals surface area contributed by atoms with Crippen LogP contribution in [-0.4, -0.2) is 68.8 Å². The highest BCUT2D eigenvalue weighted by Gasteiger charge is 2.25. The van der Waals surface area contributed by atoms with E-state index in [9.17, 15) is 0 Å². The molecule has 2 aromatic carbocycles. The minimum atomic E-state index is 0. The van der Waals surface area contributed by atoms with Crippen LogP contribution < -0.4 is 5.32 Å². The summed E-state index contributed by atoms with van der Waals surface area (Å²) in [6.45, 7) is 9.93. The third-order valence-electron chi connectivity index (χ3n) is 6.07. The SMILES string of the molecule is CN=C(NCc1cccc(CN2CCOCC2)c1)N1CCOC(c2ccccc2C)C1.I. The average molecular weight is 550 g/mol. The van der Waals surface area contributed by atoms with Gasteiger partial charge in [0.2, 0.25) is 0 Å². The first-order chi connectivity index (χ1) is 15.2. The molecule has 2 fully saturated rings. The summed E-state index contributed by atoms with van der Waals surface area (Å²) in [4.78, 5) is 9.30. The van der Waals surface area contributed by atoms with Crippen molar-refractivity contribution in [3.05, 3.63) is 70.8 Å². The Kier molecular flexibility index (Phi) is 9.77. The van der Waals surface area contributed by atoms with E-state index >= 15 is 0 Å². The molecule has 4 rings (SSSR count). The maximum Gasteiger partial charge on any atom is 0.194 e. The lowest BCUT2D eigenvalue weighted by Gasteiger charge is -2.35. The van der Waals surface area contributed by atoms with Gasteiger partial charge >= 0.3 is 0 Å². The fraction of sp³-hybridized carbons (Fsp3) is 0.480. The van der Waals surface area contributed by atoms with Crippen molar-refractivity contribution in [3.63, 3.8) is 0 Å². The van der Waals surface area contributed by atoms with Crippen LogP contribution in [0, 0.1) is 6.92 Å². The largest absolute Gasteiger partial charge is 0.379 e. The van der Waals surface area contributed by atoms with Crippen molar-refractivity contribution < 1.29 is 9.47 Å². The molecular weight excluding hydrogens is 515 g/mol. The minimum Gasteiger partial charge on any atom is -0.379 e. The Bertz CT molecular complexity index is 886. The van der Waals surface area contributed by atoms with Crippen molar-refractivity contribution in [1.29, 1.82) is 0 Å². The molecule has 2 saturated heterocycles. The third-order valence-corrected chi connectivity index (χ3v) is 6.07. The Balaban J connectivity index is 0.00000289. The smallest absolute Gasteiger partial charge is 0.194 e. The predicted octanol–water partition coefficient (Wildman–Crippen LogP) is 3.59. The van der Waals surface area contributed by atoms with Gasteiger partial charge < -0.3 is 19.7 Å². The van der Waals surface area contributed by atoms with E-state index in [2.05, 4.69) is 75.6 Å². The first kappa shape index (κ1) is 25.0. The molecule has 7 heteroatoms. The molecule has 0 amide bonds. The fourth-order valence-corrected chi connectivity index (χ4v) is 4.35. The highest BCUT2D eigenvalue weighted by molar-refractivity contribution is 14.0. The highest BCUT2D eigenvalue weighted by Crippen LogP contribution is 2.25. The topological polar surface area (TPSA) is 49.3 Å². The summed E-state index contributed by atoms with van der Waals surface area (Å²) in [5, 5.41) is 3.56. The van der Waals surface area contributed by atoms with Gasteiger partial charge in [-0.05, 0) is 29.2 Å². The molecule has 0 bridgehead atoms. The standard InChI is InChI=1S/C25H34N4O2.HI/c1-20-6-3-4-9-23(20)24-19-29(12-15-31-24)25(26-2)27-17-21-7-5-8-22(16-21)18-28-10-13-30-14-11-28;/h3-9,16,24H,10-15,17-19H2,1-2H3,(H,26,27);1H. The number of guanidine groups is 1. The average Bonchev–Trinajstić information content (AvgIpc) is 2.81. The second kappa shape index (κ2) is 12.5. The first-order valence-corrected chi connectivity index (χ1v) is 11.2. The molecule has 6 nitrogen and oxygen atoms in total. The number of aryl methyl sites for hydroxylation is 1. The molecule has 174 valence electrons. The zero-order chi connectivity index (χ0) is 21.5. The van der Waals surface area contributed by atoms with Gasteiger partial charge in [0.1, 0.15) is 6.10 Å². The molecule has 0 radical (unpaired) electrons. The Hall–Kier alpha value is -1.68. The monoisotopic (exact) mass is 550 g/mol. The van der Waals surface area contributed by atoms with Gasteiger partial charge in [0, 0.05) is 39.8 Å². The van der Waals surface area contributed by atoms with Gasteiger partial charge in [-0.25, -0.2) is 0 Å². The zero-order valence-electron chi connectivity index (χ0n) is 19.1. The summed E-state index contributed by atoms with van der Waals surface area (Å²) >= 11 is 0. The number of hydrogen-bond acceptors (Lipinski definition) is 4. The molecule has 2 aromatic rings. The van der Waals surface area contributed by atoms with Gasteiger partial charge in [0.15, 0.2) is 5.96 Å². The Labute approximate surface area is 209 Å². The van der Waals surface area contributed by atoms with Gasteiger partial charge in [0.25, 0.3) is 0 Å². The molecule has 0 saturated carbocycles. The second-order valence-electron chi connectivity index (χ2n) is 8.27. The van der Waals surface area contributed by atoms with Crippen molar-refractivity contribution in [3.8, 4) is 0 Å². The highest BCUT2D eigenvalue weighted by atomic mass is 127. The van der Waals surface area contributed by atoms with Crippen LogP contribution in [0.4, 0.5) is 0 Å². The Morgan fingerprint density at radius 3 is 2.59 bits per heavy atom. The molecule has 32 heavy (non-hydrogen) atoms. The van der Waals surface area contributed by atoms with Gasteiger partial charge in [-0.15, -0.1) is 24.0 Å². The van der Waals surface area contributed by atoms with E-state index in [4.69, 9.17) is 9.47 Å². The normalized spacial score (nSPS) is 20.0. The van der Waals surface area contributed by atoms with E-state index in [1.54, 1.807) is 0 Å².